The van der Waals surface area contributed by atoms with Crippen molar-refractivity contribution >= 4 is 0 Å². The number of hydrogen-bond donors (Lipinski definition) is 2. The summed E-state index contributed by atoms with van der Waals surface area (Å²) in [5.74, 6) is -0.204. The van der Waals surface area contributed by atoms with E-state index < -0.39 is 5.79 Å². The standard InChI is InChI=1S/C29H28O4/c1-29(2,32-19-21-3-7-23(8-4-21)25-11-15-27(30)16-12-25)33-20-22-5-9-24(10-6-22)26-13-17-28(31)18-14-26/h3-18,30-31H,19-20H2,1-2H3. The number of rotatable bonds is 8. The maximum atomic E-state index is 9.44. The largest absolute Gasteiger partial charge is 0.508 e. The van der Waals surface area contributed by atoms with Crippen molar-refractivity contribution in [1.82, 2.24) is 0 Å². The van der Waals surface area contributed by atoms with Gasteiger partial charge in [-0.1, -0.05) is 72.8 Å². The van der Waals surface area contributed by atoms with Gasteiger partial charge in [0.25, 0.3) is 0 Å². The molecule has 0 saturated heterocycles. The van der Waals surface area contributed by atoms with Gasteiger partial charge in [0.05, 0.1) is 13.2 Å². The molecule has 4 aromatic rings. The van der Waals surface area contributed by atoms with E-state index in [1.807, 2.05) is 62.4 Å². The van der Waals surface area contributed by atoms with E-state index >= 15 is 0 Å². The molecular weight excluding hydrogens is 412 g/mol. The molecule has 0 bridgehead atoms. The number of hydrogen-bond acceptors (Lipinski definition) is 4. The van der Waals surface area contributed by atoms with E-state index in [1.54, 1.807) is 24.3 Å². The van der Waals surface area contributed by atoms with Crippen molar-refractivity contribution in [2.24, 2.45) is 0 Å². The fourth-order valence-electron chi connectivity index (χ4n) is 3.45. The minimum atomic E-state index is -0.731. The van der Waals surface area contributed by atoms with Gasteiger partial charge in [-0.05, 0) is 71.5 Å². The highest BCUT2D eigenvalue weighted by Crippen LogP contribution is 2.25. The lowest BCUT2D eigenvalue weighted by Gasteiger charge is -2.26. The fraction of sp³-hybridized carbons (Fsp3) is 0.172. The van der Waals surface area contributed by atoms with Gasteiger partial charge in [-0.25, -0.2) is 0 Å². The first-order valence-corrected chi connectivity index (χ1v) is 10.9. The van der Waals surface area contributed by atoms with Crippen LogP contribution >= 0.6 is 0 Å². The SMILES string of the molecule is CC(C)(OCc1ccc(-c2ccc(O)cc2)cc1)OCc1ccc(-c2ccc(O)cc2)cc1. The summed E-state index contributed by atoms with van der Waals surface area (Å²) in [7, 11) is 0. The first kappa shape index (κ1) is 22.6. The van der Waals surface area contributed by atoms with Gasteiger partial charge < -0.3 is 19.7 Å². The average molecular weight is 441 g/mol. The molecular formula is C29H28O4. The van der Waals surface area contributed by atoms with E-state index in [0.717, 1.165) is 33.4 Å². The van der Waals surface area contributed by atoms with Crippen molar-refractivity contribution in [1.29, 1.82) is 0 Å². The average Bonchev–Trinajstić information content (AvgIpc) is 2.83. The van der Waals surface area contributed by atoms with Crippen LogP contribution in [0.1, 0.15) is 25.0 Å². The molecule has 0 saturated carbocycles. The van der Waals surface area contributed by atoms with Crippen LogP contribution in [-0.4, -0.2) is 16.0 Å². The lowest BCUT2D eigenvalue weighted by molar-refractivity contribution is -0.226. The van der Waals surface area contributed by atoms with E-state index in [0.29, 0.717) is 13.2 Å². The van der Waals surface area contributed by atoms with E-state index in [9.17, 15) is 10.2 Å². The molecule has 0 aromatic heterocycles. The summed E-state index contributed by atoms with van der Waals surface area (Å²) in [5.41, 5.74) is 6.41. The maximum Gasteiger partial charge on any atom is 0.163 e. The number of benzene rings is 4. The van der Waals surface area contributed by atoms with Gasteiger partial charge in [0.1, 0.15) is 11.5 Å². The Bertz CT molecular complexity index is 1070. The van der Waals surface area contributed by atoms with Crippen molar-refractivity contribution in [3.8, 4) is 33.8 Å². The third-order valence-electron chi connectivity index (χ3n) is 5.48. The van der Waals surface area contributed by atoms with Crippen LogP contribution in [0.2, 0.25) is 0 Å². The Morgan fingerprint density at radius 1 is 0.485 bits per heavy atom. The van der Waals surface area contributed by atoms with Gasteiger partial charge in [-0.2, -0.15) is 0 Å². The van der Waals surface area contributed by atoms with Gasteiger partial charge in [0.2, 0.25) is 0 Å². The van der Waals surface area contributed by atoms with Crippen LogP contribution in [0.3, 0.4) is 0 Å². The number of aromatic hydroxyl groups is 2. The molecule has 0 atom stereocenters. The quantitative estimate of drug-likeness (QED) is 0.293. The van der Waals surface area contributed by atoms with Crippen molar-refractivity contribution in [3.63, 3.8) is 0 Å². The predicted octanol–water partition coefficient (Wildman–Crippen LogP) is 6.90. The minimum absolute atomic E-state index is 0.263. The molecule has 168 valence electrons. The molecule has 4 nitrogen and oxygen atoms in total. The molecule has 4 rings (SSSR count). The summed E-state index contributed by atoms with van der Waals surface area (Å²) in [4.78, 5) is 0. The van der Waals surface area contributed by atoms with Crippen LogP contribution in [0, 0.1) is 0 Å². The van der Waals surface area contributed by atoms with E-state index in [4.69, 9.17) is 9.47 Å². The zero-order chi connectivity index (χ0) is 23.3. The molecule has 4 heteroatoms. The Morgan fingerprint density at radius 3 is 1.06 bits per heavy atom. The van der Waals surface area contributed by atoms with Crippen molar-refractivity contribution in [2.45, 2.75) is 32.8 Å². The summed E-state index contributed by atoms with van der Waals surface area (Å²) >= 11 is 0. The summed E-state index contributed by atoms with van der Waals surface area (Å²) in [6.45, 7) is 4.73. The highest BCUT2D eigenvalue weighted by molar-refractivity contribution is 5.65. The van der Waals surface area contributed by atoms with Crippen LogP contribution in [-0.2, 0) is 22.7 Å². The van der Waals surface area contributed by atoms with Gasteiger partial charge in [-0.15, -0.1) is 0 Å². The predicted molar refractivity (Wildman–Crippen MR) is 131 cm³/mol. The second-order valence-electron chi connectivity index (χ2n) is 8.46. The maximum absolute atomic E-state index is 9.44. The number of ether oxygens (including phenoxy) is 2. The normalized spacial score (nSPS) is 11.5. The lowest BCUT2D eigenvalue weighted by Crippen LogP contribution is -2.28. The van der Waals surface area contributed by atoms with Crippen LogP contribution in [0.25, 0.3) is 22.3 Å². The summed E-state index contributed by atoms with van der Waals surface area (Å²) < 4.78 is 12.0. The number of phenols is 2. The number of phenolic OH excluding ortho intramolecular Hbond substituents is 2. The first-order chi connectivity index (χ1) is 15.9. The molecule has 0 heterocycles. The molecule has 0 spiro atoms. The van der Waals surface area contributed by atoms with Crippen molar-refractivity contribution in [2.75, 3.05) is 0 Å². The smallest absolute Gasteiger partial charge is 0.163 e. The van der Waals surface area contributed by atoms with Crippen LogP contribution < -0.4 is 0 Å². The molecule has 4 aromatic carbocycles. The monoisotopic (exact) mass is 440 g/mol. The highest BCUT2D eigenvalue weighted by Gasteiger charge is 2.19. The van der Waals surface area contributed by atoms with Crippen LogP contribution in [0.5, 0.6) is 11.5 Å². The summed E-state index contributed by atoms with van der Waals surface area (Å²) in [6.07, 6.45) is 0. The Balaban J connectivity index is 1.29. The van der Waals surface area contributed by atoms with Crippen molar-refractivity contribution in [3.05, 3.63) is 108 Å². The van der Waals surface area contributed by atoms with E-state index in [1.165, 1.54) is 0 Å². The summed E-state index contributed by atoms with van der Waals surface area (Å²) in [5, 5.41) is 18.9. The Labute approximate surface area is 194 Å². The second-order valence-corrected chi connectivity index (χ2v) is 8.46. The fourth-order valence-corrected chi connectivity index (χ4v) is 3.45. The Kier molecular flexibility index (Phi) is 6.78. The van der Waals surface area contributed by atoms with Crippen molar-refractivity contribution < 1.29 is 19.7 Å². The van der Waals surface area contributed by atoms with Gasteiger partial charge >= 0.3 is 0 Å². The molecule has 33 heavy (non-hydrogen) atoms. The van der Waals surface area contributed by atoms with Crippen LogP contribution in [0.15, 0.2) is 97.1 Å². The first-order valence-electron chi connectivity index (χ1n) is 10.9. The Hall–Kier alpha value is -3.60. The summed E-state index contributed by atoms with van der Waals surface area (Å²) in [6, 6.07) is 30.7. The van der Waals surface area contributed by atoms with E-state index in [-0.39, 0.29) is 11.5 Å². The third kappa shape index (κ3) is 6.22. The third-order valence-corrected chi connectivity index (χ3v) is 5.48. The molecule has 0 aliphatic carbocycles. The van der Waals surface area contributed by atoms with E-state index in [2.05, 4.69) is 24.3 Å². The molecule has 2 N–H and O–H groups in total. The van der Waals surface area contributed by atoms with Gasteiger partial charge in [-0.3, -0.25) is 0 Å². The van der Waals surface area contributed by atoms with Gasteiger partial charge in [0, 0.05) is 0 Å². The highest BCUT2D eigenvalue weighted by atomic mass is 16.7. The molecule has 0 aliphatic rings. The molecule has 0 radical (unpaired) electrons. The zero-order valence-electron chi connectivity index (χ0n) is 18.9. The van der Waals surface area contributed by atoms with Crippen LogP contribution in [0.4, 0.5) is 0 Å². The zero-order valence-corrected chi connectivity index (χ0v) is 18.9. The second kappa shape index (κ2) is 9.90. The Morgan fingerprint density at radius 2 is 0.758 bits per heavy atom. The molecule has 0 amide bonds. The molecule has 0 fully saturated rings. The molecule has 0 aliphatic heterocycles. The lowest BCUT2D eigenvalue weighted by atomic mass is 10.0. The topological polar surface area (TPSA) is 58.9 Å². The minimum Gasteiger partial charge on any atom is -0.508 e. The molecule has 0 unspecified atom stereocenters. The van der Waals surface area contributed by atoms with Gasteiger partial charge in [0.15, 0.2) is 5.79 Å².